The topological polar surface area (TPSA) is 213 Å². The Balaban J connectivity index is 1.99. The fourth-order valence-corrected chi connectivity index (χ4v) is 3.20. The van der Waals surface area contributed by atoms with Gasteiger partial charge in [0.1, 0.15) is 5.69 Å². The van der Waals surface area contributed by atoms with Gasteiger partial charge in [0.2, 0.25) is 5.91 Å². The van der Waals surface area contributed by atoms with E-state index < -0.39 is 11.7 Å². The first-order valence-corrected chi connectivity index (χ1v) is 10.9. The van der Waals surface area contributed by atoms with Crippen LogP contribution in [0.1, 0.15) is 23.3 Å². The maximum atomic E-state index is 12.6. The second kappa shape index (κ2) is 11.2. The number of methoxy groups -OCH3 is 1. The molecule has 1 saturated carbocycles. The van der Waals surface area contributed by atoms with Crippen molar-refractivity contribution in [2.24, 2.45) is 17.5 Å². The number of nitrogens with two attached hydrogens (primary N) is 2. The number of para-hydroxylation sites is 1. The second-order valence-corrected chi connectivity index (χ2v) is 8.06. The summed E-state index contributed by atoms with van der Waals surface area (Å²) in [4.78, 5) is 24.8. The molecule has 0 unspecified atom stereocenters. The van der Waals surface area contributed by atoms with Crippen molar-refractivity contribution >= 4 is 42.5 Å². The lowest BCUT2D eigenvalue weighted by molar-refractivity contribution is -0.117. The number of nitrogens with one attached hydrogen (secondary N) is 4. The lowest BCUT2D eigenvalue weighted by Crippen LogP contribution is -2.49. The molecule has 14 nitrogen and oxygen atoms in total. The number of rotatable bonds is 11. The van der Waals surface area contributed by atoms with E-state index in [2.05, 4.69) is 26.1 Å². The minimum Gasteiger partial charge on any atom is -0.492 e. The van der Waals surface area contributed by atoms with Crippen LogP contribution in [0.3, 0.4) is 0 Å². The third-order valence-electron chi connectivity index (χ3n) is 4.94. The van der Waals surface area contributed by atoms with E-state index in [0.29, 0.717) is 23.6 Å². The SMILES string of the molecule is [B]C(O)(O)NC(=O)c1nnc(NC(=O)C2CC2)cc1Nc1cccc(N(N)/C=C(\N)CNC)c1OC. The molecule has 3 rings (SSSR count). The van der Waals surface area contributed by atoms with Crippen LogP contribution in [-0.4, -0.2) is 66.6 Å². The summed E-state index contributed by atoms with van der Waals surface area (Å²) in [5.74, 6) is 2.18. The Bertz CT molecular complexity index is 1150. The van der Waals surface area contributed by atoms with Gasteiger partial charge in [0.25, 0.3) is 5.91 Å². The van der Waals surface area contributed by atoms with Gasteiger partial charge >= 0.3 is 0 Å². The Morgan fingerprint density at radius 2 is 2.03 bits per heavy atom. The standard InChI is InChI=1S/C21H28BN9O5/c1-25-9-12(23)10-31(24)15-5-3-4-13(18(15)36-2)26-14-8-16(27-19(32)11-6-7-11)29-30-17(14)20(33)28-21(22,34)35/h3-5,8,10-11,25,34-35H,6-7,9,23-24H2,1-2H3,(H,28,33)(H2,26,27,29,32)/b12-10-. The zero-order chi connectivity index (χ0) is 26.5. The maximum absolute atomic E-state index is 12.6. The van der Waals surface area contributed by atoms with Gasteiger partial charge in [-0.05, 0) is 32.0 Å². The molecule has 1 fully saturated rings. The molecule has 1 aromatic heterocycles. The van der Waals surface area contributed by atoms with Crippen LogP contribution in [0, 0.1) is 5.92 Å². The van der Waals surface area contributed by atoms with Crippen molar-refractivity contribution < 1.29 is 24.5 Å². The van der Waals surface area contributed by atoms with E-state index in [1.807, 2.05) is 0 Å². The Morgan fingerprint density at radius 3 is 2.64 bits per heavy atom. The summed E-state index contributed by atoms with van der Waals surface area (Å²) in [7, 11) is 8.24. The Hall–Kier alpha value is -3.92. The largest absolute Gasteiger partial charge is 0.492 e. The smallest absolute Gasteiger partial charge is 0.277 e. The summed E-state index contributed by atoms with van der Waals surface area (Å²) in [6, 6.07) is 6.38. The van der Waals surface area contributed by atoms with Crippen molar-refractivity contribution in [2.45, 2.75) is 18.7 Å². The normalized spacial score (nSPS) is 13.6. The first-order valence-electron chi connectivity index (χ1n) is 10.9. The molecular formula is C21H28BN9O5. The van der Waals surface area contributed by atoms with E-state index in [1.54, 1.807) is 30.6 Å². The van der Waals surface area contributed by atoms with Crippen LogP contribution in [0.4, 0.5) is 22.9 Å². The molecule has 1 aliphatic rings. The summed E-state index contributed by atoms with van der Waals surface area (Å²) in [5, 5.41) is 38.0. The Kier molecular flexibility index (Phi) is 8.31. The fourth-order valence-electron chi connectivity index (χ4n) is 3.20. The number of aliphatic hydroxyl groups is 2. The fraction of sp³-hybridized carbons (Fsp3) is 0.333. The Morgan fingerprint density at radius 1 is 1.31 bits per heavy atom. The van der Waals surface area contributed by atoms with Gasteiger partial charge in [-0.3, -0.25) is 14.6 Å². The maximum Gasteiger partial charge on any atom is 0.277 e. The van der Waals surface area contributed by atoms with Gasteiger partial charge in [0.05, 0.1) is 18.5 Å². The number of hydrogen-bond donors (Lipinski definition) is 8. The molecule has 2 radical (unpaired) electrons. The van der Waals surface area contributed by atoms with Crippen LogP contribution in [-0.2, 0) is 4.79 Å². The van der Waals surface area contributed by atoms with Crippen LogP contribution in [0.2, 0.25) is 0 Å². The number of nitrogens with zero attached hydrogens (tertiary/aromatic N) is 3. The lowest BCUT2D eigenvalue weighted by Gasteiger charge is -2.22. The molecule has 15 heteroatoms. The summed E-state index contributed by atoms with van der Waals surface area (Å²) in [6.07, 6.45) is 3.08. The van der Waals surface area contributed by atoms with Gasteiger partial charge < -0.3 is 42.0 Å². The zero-order valence-electron chi connectivity index (χ0n) is 19.8. The number of aromatic nitrogens is 2. The minimum absolute atomic E-state index is 0.0575. The average molecular weight is 497 g/mol. The first-order chi connectivity index (χ1) is 17.0. The van der Waals surface area contributed by atoms with E-state index in [0.717, 1.165) is 12.8 Å². The number of carbonyl (C=O) groups is 2. The van der Waals surface area contributed by atoms with Crippen molar-refractivity contribution in [2.75, 3.05) is 36.3 Å². The van der Waals surface area contributed by atoms with E-state index in [9.17, 15) is 19.8 Å². The van der Waals surface area contributed by atoms with Gasteiger partial charge in [0.15, 0.2) is 30.9 Å². The molecule has 0 saturated heterocycles. The monoisotopic (exact) mass is 497 g/mol. The van der Waals surface area contributed by atoms with Gasteiger partial charge in [-0.2, -0.15) is 0 Å². The molecule has 1 aliphatic carbocycles. The minimum atomic E-state index is -2.99. The van der Waals surface area contributed by atoms with E-state index in [-0.39, 0.29) is 34.8 Å². The van der Waals surface area contributed by atoms with Gasteiger partial charge in [-0.1, -0.05) is 6.07 Å². The predicted octanol–water partition coefficient (Wildman–Crippen LogP) is -1.23. The highest BCUT2D eigenvalue weighted by Gasteiger charge is 2.30. The van der Waals surface area contributed by atoms with Crippen molar-refractivity contribution in [3.63, 3.8) is 0 Å². The van der Waals surface area contributed by atoms with Crippen molar-refractivity contribution in [1.82, 2.24) is 20.8 Å². The van der Waals surface area contributed by atoms with Gasteiger partial charge in [-0.15, -0.1) is 10.2 Å². The average Bonchev–Trinajstić information content (AvgIpc) is 3.63. The number of ether oxygens (including phenoxy) is 1. The Labute approximate surface area is 208 Å². The molecule has 0 atom stereocenters. The number of likely N-dealkylation sites (N-methyl/N-ethyl adjacent to an activating group) is 1. The lowest BCUT2D eigenvalue weighted by atomic mass is 10.0. The van der Waals surface area contributed by atoms with Crippen LogP contribution in [0.25, 0.3) is 0 Å². The number of amides is 2. The third kappa shape index (κ3) is 7.05. The molecule has 1 aromatic carbocycles. The molecule has 190 valence electrons. The molecule has 36 heavy (non-hydrogen) atoms. The highest BCUT2D eigenvalue weighted by Crippen LogP contribution is 2.37. The van der Waals surface area contributed by atoms with Crippen LogP contribution in [0.15, 0.2) is 36.2 Å². The number of benzene rings is 1. The number of anilines is 4. The summed E-state index contributed by atoms with van der Waals surface area (Å²) in [5.41, 5.74) is 6.91. The molecule has 2 aromatic rings. The highest BCUT2D eigenvalue weighted by molar-refractivity contribution is 6.15. The molecule has 10 N–H and O–H groups in total. The van der Waals surface area contributed by atoms with Gasteiger partial charge in [-0.25, -0.2) is 5.84 Å². The molecule has 0 spiro atoms. The third-order valence-corrected chi connectivity index (χ3v) is 4.94. The van der Waals surface area contributed by atoms with E-state index in [4.69, 9.17) is 24.2 Å². The zero-order valence-corrected chi connectivity index (χ0v) is 19.8. The van der Waals surface area contributed by atoms with Crippen LogP contribution < -0.4 is 42.6 Å². The molecule has 0 bridgehead atoms. The first kappa shape index (κ1) is 26.7. The van der Waals surface area contributed by atoms with Crippen LogP contribution in [0.5, 0.6) is 5.75 Å². The summed E-state index contributed by atoms with van der Waals surface area (Å²) < 4.78 is 5.55. The summed E-state index contributed by atoms with van der Waals surface area (Å²) in [6.45, 7) is 0.406. The van der Waals surface area contributed by atoms with Crippen molar-refractivity contribution in [1.29, 1.82) is 0 Å². The predicted molar refractivity (Wildman–Crippen MR) is 133 cm³/mol. The molecule has 2 amide bonds. The number of hydrogen-bond acceptors (Lipinski definition) is 12. The van der Waals surface area contributed by atoms with E-state index >= 15 is 0 Å². The van der Waals surface area contributed by atoms with Crippen molar-refractivity contribution in [3.8, 4) is 5.75 Å². The second-order valence-electron chi connectivity index (χ2n) is 8.06. The highest BCUT2D eigenvalue weighted by atomic mass is 16.5. The van der Waals surface area contributed by atoms with E-state index in [1.165, 1.54) is 24.4 Å². The number of carbonyl (C=O) groups excluding carboxylic acids is 2. The van der Waals surface area contributed by atoms with Crippen LogP contribution >= 0.6 is 0 Å². The molecular weight excluding hydrogens is 469 g/mol. The molecule has 1 heterocycles. The van der Waals surface area contributed by atoms with Crippen molar-refractivity contribution in [3.05, 3.63) is 41.9 Å². The number of hydrazine groups is 1. The quantitative estimate of drug-likeness (QED) is 0.0793. The summed E-state index contributed by atoms with van der Waals surface area (Å²) >= 11 is 0. The molecule has 0 aliphatic heterocycles. The van der Waals surface area contributed by atoms with Gasteiger partial charge in [0, 0.05) is 30.4 Å².